The molecule has 70 valence electrons. The maximum atomic E-state index is 11.2. The van der Waals surface area contributed by atoms with Crippen molar-refractivity contribution in [3.8, 4) is 0 Å². The van der Waals surface area contributed by atoms with Gasteiger partial charge in [-0.3, -0.25) is 21.3 Å². The largest absolute Gasteiger partial charge is 0.394 e. The summed E-state index contributed by atoms with van der Waals surface area (Å²) in [7, 11) is 1.63. The molecular weight excluding hydrogens is 160 g/mol. The van der Waals surface area contributed by atoms with Crippen molar-refractivity contribution in [1.82, 2.24) is 10.0 Å². The molecule has 0 atom stereocenters. The summed E-state index contributed by atoms with van der Waals surface area (Å²) in [6, 6.07) is 0. The van der Waals surface area contributed by atoms with Crippen LogP contribution < -0.4 is 11.5 Å². The van der Waals surface area contributed by atoms with E-state index < -0.39 is 5.79 Å². The SMILES string of the molecule is CN1N(CCO)C(=O)CC1(N)N. The molecule has 6 heteroatoms. The summed E-state index contributed by atoms with van der Waals surface area (Å²) in [6.07, 6.45) is 0.0868. The number of hydrazine groups is 1. The summed E-state index contributed by atoms with van der Waals surface area (Å²) in [5.41, 5.74) is 11.2. The van der Waals surface area contributed by atoms with Crippen LogP contribution in [0.4, 0.5) is 0 Å². The van der Waals surface area contributed by atoms with E-state index in [0.29, 0.717) is 0 Å². The van der Waals surface area contributed by atoms with Gasteiger partial charge in [0.1, 0.15) is 5.79 Å². The Kier molecular flexibility index (Phi) is 2.34. The molecule has 0 saturated carbocycles. The highest BCUT2D eigenvalue weighted by molar-refractivity contribution is 5.78. The fraction of sp³-hybridized carbons (Fsp3) is 0.833. The Labute approximate surface area is 70.7 Å². The number of amides is 1. The van der Waals surface area contributed by atoms with E-state index in [1.807, 2.05) is 0 Å². The van der Waals surface area contributed by atoms with Crippen molar-refractivity contribution in [2.24, 2.45) is 11.5 Å². The summed E-state index contributed by atoms with van der Waals surface area (Å²) in [5.74, 6) is -1.26. The number of carbonyl (C=O) groups excluding carboxylic acids is 1. The van der Waals surface area contributed by atoms with Gasteiger partial charge in [0, 0.05) is 7.05 Å². The summed E-state index contributed by atoms with van der Waals surface area (Å²) < 4.78 is 0. The molecule has 0 aromatic rings. The second-order valence-corrected chi connectivity index (χ2v) is 2.93. The maximum Gasteiger partial charge on any atom is 0.241 e. The number of β-amino-alcohol motifs (C(OH)–C–C–N with tert-alkyl or cyclic N) is 1. The molecule has 12 heavy (non-hydrogen) atoms. The van der Waals surface area contributed by atoms with E-state index in [9.17, 15) is 4.79 Å². The second-order valence-electron chi connectivity index (χ2n) is 2.93. The van der Waals surface area contributed by atoms with Crippen molar-refractivity contribution in [1.29, 1.82) is 0 Å². The molecule has 0 aliphatic carbocycles. The summed E-state index contributed by atoms with van der Waals surface area (Å²) in [6.45, 7) is 0.150. The Balaban J connectivity index is 2.71. The Morgan fingerprint density at radius 2 is 2.25 bits per heavy atom. The van der Waals surface area contributed by atoms with Gasteiger partial charge in [-0.15, -0.1) is 0 Å². The Bertz CT molecular complexity index is 194. The molecule has 1 aliphatic rings. The van der Waals surface area contributed by atoms with Crippen LogP contribution in [0.1, 0.15) is 6.42 Å². The van der Waals surface area contributed by atoms with Crippen LogP contribution in [0.25, 0.3) is 0 Å². The van der Waals surface area contributed by atoms with Gasteiger partial charge in [0.25, 0.3) is 0 Å². The zero-order valence-corrected chi connectivity index (χ0v) is 7.03. The van der Waals surface area contributed by atoms with Crippen molar-refractivity contribution in [2.75, 3.05) is 20.2 Å². The van der Waals surface area contributed by atoms with Gasteiger partial charge in [0.2, 0.25) is 5.91 Å². The molecule has 1 fully saturated rings. The number of carbonyl (C=O) groups is 1. The Hall–Kier alpha value is -0.690. The number of hydrogen-bond acceptors (Lipinski definition) is 5. The fourth-order valence-corrected chi connectivity index (χ4v) is 1.21. The lowest BCUT2D eigenvalue weighted by molar-refractivity contribution is -0.139. The molecule has 0 unspecified atom stereocenters. The molecule has 1 rings (SSSR count). The molecule has 1 amide bonds. The summed E-state index contributed by atoms with van der Waals surface area (Å²) >= 11 is 0. The van der Waals surface area contributed by atoms with Gasteiger partial charge in [0.15, 0.2) is 0 Å². The molecular formula is C6H14N4O2. The van der Waals surface area contributed by atoms with Crippen LogP contribution in [-0.4, -0.2) is 47.0 Å². The van der Waals surface area contributed by atoms with Crippen LogP contribution in [0.3, 0.4) is 0 Å². The minimum absolute atomic E-state index is 0.0868. The van der Waals surface area contributed by atoms with Crippen LogP contribution >= 0.6 is 0 Å². The number of hydrogen-bond donors (Lipinski definition) is 3. The molecule has 6 nitrogen and oxygen atoms in total. The van der Waals surface area contributed by atoms with Gasteiger partial charge in [-0.2, -0.15) is 5.01 Å². The molecule has 1 heterocycles. The summed E-state index contributed by atoms with van der Waals surface area (Å²) in [4.78, 5) is 11.2. The maximum absolute atomic E-state index is 11.2. The monoisotopic (exact) mass is 174 g/mol. The number of aliphatic hydroxyl groups excluding tert-OH is 1. The van der Waals surface area contributed by atoms with Crippen molar-refractivity contribution in [2.45, 2.75) is 12.2 Å². The van der Waals surface area contributed by atoms with E-state index >= 15 is 0 Å². The van der Waals surface area contributed by atoms with Crippen LogP contribution in [-0.2, 0) is 4.79 Å². The number of nitrogens with zero attached hydrogens (tertiary/aromatic N) is 2. The predicted molar refractivity (Wildman–Crippen MR) is 42.3 cm³/mol. The first-order valence-corrected chi connectivity index (χ1v) is 3.72. The third-order valence-corrected chi connectivity index (χ3v) is 2.00. The van der Waals surface area contributed by atoms with E-state index in [-0.39, 0.29) is 25.5 Å². The Morgan fingerprint density at radius 3 is 2.58 bits per heavy atom. The second kappa shape index (κ2) is 2.98. The molecule has 1 aliphatic heterocycles. The zero-order valence-electron chi connectivity index (χ0n) is 7.03. The van der Waals surface area contributed by atoms with Crippen molar-refractivity contribution >= 4 is 5.91 Å². The van der Waals surface area contributed by atoms with Gasteiger partial charge < -0.3 is 5.11 Å². The molecule has 0 bridgehead atoms. The highest BCUT2D eigenvalue weighted by Gasteiger charge is 2.42. The van der Waals surface area contributed by atoms with Crippen LogP contribution in [0.2, 0.25) is 0 Å². The molecule has 0 aromatic heterocycles. The topological polar surface area (TPSA) is 95.8 Å². The molecule has 0 aromatic carbocycles. The first-order valence-electron chi connectivity index (χ1n) is 3.72. The lowest BCUT2D eigenvalue weighted by Crippen LogP contribution is -2.60. The minimum atomic E-state index is -1.10. The van der Waals surface area contributed by atoms with Gasteiger partial charge in [-0.05, 0) is 0 Å². The highest BCUT2D eigenvalue weighted by atomic mass is 16.3. The van der Waals surface area contributed by atoms with Crippen molar-refractivity contribution < 1.29 is 9.90 Å². The zero-order chi connectivity index (χ0) is 9.35. The van der Waals surface area contributed by atoms with Gasteiger partial charge in [-0.25, -0.2) is 0 Å². The van der Waals surface area contributed by atoms with Crippen molar-refractivity contribution in [3.63, 3.8) is 0 Å². The normalized spacial score (nSPS) is 23.7. The van der Waals surface area contributed by atoms with E-state index in [1.165, 1.54) is 10.0 Å². The van der Waals surface area contributed by atoms with E-state index in [0.717, 1.165) is 0 Å². The van der Waals surface area contributed by atoms with Gasteiger partial charge >= 0.3 is 0 Å². The van der Waals surface area contributed by atoms with Gasteiger partial charge in [0.05, 0.1) is 19.6 Å². The molecule has 1 saturated heterocycles. The van der Waals surface area contributed by atoms with Crippen molar-refractivity contribution in [3.05, 3.63) is 0 Å². The average molecular weight is 174 g/mol. The molecule has 0 radical (unpaired) electrons. The first kappa shape index (κ1) is 9.40. The fourth-order valence-electron chi connectivity index (χ4n) is 1.21. The third kappa shape index (κ3) is 1.42. The predicted octanol–water partition coefficient (Wildman–Crippen LogP) is -2.37. The number of nitrogens with two attached hydrogens (primary N) is 2. The lowest BCUT2D eigenvalue weighted by Gasteiger charge is -2.31. The summed E-state index contributed by atoms with van der Waals surface area (Å²) in [5, 5.41) is 11.4. The first-order chi connectivity index (χ1) is 5.49. The highest BCUT2D eigenvalue weighted by Crippen LogP contribution is 2.18. The van der Waals surface area contributed by atoms with Crippen LogP contribution in [0.15, 0.2) is 0 Å². The van der Waals surface area contributed by atoms with Crippen LogP contribution in [0.5, 0.6) is 0 Å². The molecule has 5 N–H and O–H groups in total. The van der Waals surface area contributed by atoms with E-state index in [2.05, 4.69) is 0 Å². The van der Waals surface area contributed by atoms with Gasteiger partial charge in [-0.1, -0.05) is 0 Å². The van der Waals surface area contributed by atoms with E-state index in [1.54, 1.807) is 7.05 Å². The van der Waals surface area contributed by atoms with E-state index in [4.69, 9.17) is 16.6 Å². The quantitative estimate of drug-likeness (QED) is 0.407. The average Bonchev–Trinajstić information content (AvgIpc) is 2.13. The Morgan fingerprint density at radius 1 is 1.67 bits per heavy atom. The lowest BCUT2D eigenvalue weighted by atomic mass is 10.3. The molecule has 0 spiro atoms. The smallest absolute Gasteiger partial charge is 0.241 e. The standard InChI is InChI=1S/C6H14N4O2/c1-9-6(7,8)4-5(12)10(9)2-3-11/h11H,2-4,7-8H2,1H3. The number of aliphatic hydroxyl groups is 1. The minimum Gasteiger partial charge on any atom is -0.394 e. The number of rotatable bonds is 2. The third-order valence-electron chi connectivity index (χ3n) is 2.00. The van der Waals surface area contributed by atoms with Crippen LogP contribution in [0, 0.1) is 0 Å².